The van der Waals surface area contributed by atoms with Crippen molar-refractivity contribution in [3.05, 3.63) is 127 Å². The van der Waals surface area contributed by atoms with Crippen molar-refractivity contribution in [3.63, 3.8) is 0 Å². The molecule has 0 atom stereocenters. The van der Waals surface area contributed by atoms with E-state index in [0.717, 1.165) is 34.2 Å². The average Bonchev–Trinajstić information content (AvgIpc) is 3.79. The molecule has 0 N–H and O–H groups in total. The van der Waals surface area contributed by atoms with E-state index in [1.165, 1.54) is 52.7 Å². The maximum atomic E-state index is 5.35. The Labute approximate surface area is 287 Å². The van der Waals surface area contributed by atoms with Crippen molar-refractivity contribution in [2.75, 3.05) is 0 Å². The summed E-state index contributed by atoms with van der Waals surface area (Å²) in [6.45, 7) is 0. The van der Waals surface area contributed by atoms with Gasteiger partial charge in [0.25, 0.3) is 0 Å². The third kappa shape index (κ3) is 4.25. The molecule has 10 rings (SSSR count). The van der Waals surface area contributed by atoms with E-state index in [1.807, 2.05) is 0 Å². The Bertz CT molecular complexity index is 2470. The standard InChI is InChI=1S/C39H21N3Te3/c1-4-16-28-22(10-1)34-25(13-7-19-31(34)43-28)37-40-38(26-14-8-20-32-35(26)23-11-2-5-17-29(23)44-32)42-39(41-37)27-15-9-21-33-36(27)24-12-3-6-18-30(24)45-33/h1-21H. The van der Waals surface area contributed by atoms with Gasteiger partial charge in [0.2, 0.25) is 0 Å². The molecule has 10 aromatic rings. The number of nitrogens with zero attached hydrogens (tertiary/aromatic N) is 3. The van der Waals surface area contributed by atoms with Gasteiger partial charge in [-0.15, -0.1) is 0 Å². The van der Waals surface area contributed by atoms with E-state index in [1.54, 1.807) is 0 Å². The number of benzene rings is 6. The van der Waals surface area contributed by atoms with Crippen LogP contribution in [0.5, 0.6) is 0 Å². The summed E-state index contributed by atoms with van der Waals surface area (Å²) < 4.78 is 8.85. The molecule has 0 spiro atoms. The summed E-state index contributed by atoms with van der Waals surface area (Å²) in [6, 6.07) is 46.8. The van der Waals surface area contributed by atoms with Gasteiger partial charge in [0.1, 0.15) is 0 Å². The molecule has 0 bridgehead atoms. The third-order valence-electron chi connectivity index (χ3n) is 8.57. The fraction of sp³-hybridized carbons (Fsp3) is 0. The number of rotatable bonds is 3. The Morgan fingerprint density at radius 2 is 0.578 bits per heavy atom. The summed E-state index contributed by atoms with van der Waals surface area (Å²) in [5.74, 6) is 2.28. The van der Waals surface area contributed by atoms with Gasteiger partial charge in [-0.25, -0.2) is 0 Å². The van der Waals surface area contributed by atoms with E-state index in [0.29, 0.717) is 0 Å². The van der Waals surface area contributed by atoms with E-state index in [2.05, 4.69) is 127 Å². The molecule has 6 aromatic carbocycles. The van der Waals surface area contributed by atoms with Crippen LogP contribution in [-0.2, 0) is 0 Å². The van der Waals surface area contributed by atoms with E-state index in [-0.39, 0.29) is 0 Å². The van der Waals surface area contributed by atoms with Crippen LogP contribution >= 0.6 is 0 Å². The minimum atomic E-state index is -0.455. The van der Waals surface area contributed by atoms with Gasteiger partial charge in [0, 0.05) is 0 Å². The van der Waals surface area contributed by atoms with Gasteiger partial charge in [-0.3, -0.25) is 0 Å². The molecular weight excluding hydrogens is 893 g/mol. The quantitative estimate of drug-likeness (QED) is 0.166. The van der Waals surface area contributed by atoms with Crippen LogP contribution in [0, 0.1) is 0 Å². The van der Waals surface area contributed by atoms with Gasteiger partial charge in [-0.1, -0.05) is 0 Å². The van der Waals surface area contributed by atoms with E-state index >= 15 is 0 Å². The first kappa shape index (κ1) is 26.9. The van der Waals surface area contributed by atoms with Crippen molar-refractivity contribution in [2.45, 2.75) is 0 Å². The van der Waals surface area contributed by atoms with Gasteiger partial charge >= 0.3 is 291 Å². The Balaban J connectivity index is 1.33. The van der Waals surface area contributed by atoms with E-state index in [9.17, 15) is 0 Å². The second-order valence-electron chi connectivity index (χ2n) is 11.1. The Morgan fingerprint density at radius 3 is 0.911 bits per heavy atom. The second kappa shape index (κ2) is 10.6. The van der Waals surface area contributed by atoms with Gasteiger partial charge in [-0.05, 0) is 0 Å². The van der Waals surface area contributed by atoms with Gasteiger partial charge < -0.3 is 0 Å². The van der Waals surface area contributed by atoms with Crippen molar-refractivity contribution >= 4 is 114 Å². The maximum absolute atomic E-state index is 5.35. The predicted octanol–water partition coefficient (Wildman–Crippen LogP) is 8.96. The predicted molar refractivity (Wildman–Crippen MR) is 192 cm³/mol. The first-order chi connectivity index (χ1) is 22.3. The van der Waals surface area contributed by atoms with Crippen LogP contribution < -0.4 is 0 Å². The van der Waals surface area contributed by atoms with Crippen molar-refractivity contribution in [1.29, 1.82) is 0 Å². The molecule has 0 aliphatic rings. The van der Waals surface area contributed by atoms with Crippen molar-refractivity contribution in [3.8, 4) is 34.2 Å². The number of hydrogen-bond acceptors (Lipinski definition) is 3. The first-order valence-corrected chi connectivity index (χ1v) is 21.8. The molecule has 0 saturated carbocycles. The van der Waals surface area contributed by atoms with Crippen LogP contribution in [-0.4, -0.2) is 76.2 Å². The molecule has 6 heteroatoms. The summed E-state index contributed by atoms with van der Waals surface area (Å²) in [5.41, 5.74) is 3.32. The number of hydrogen-bond donors (Lipinski definition) is 0. The Kier molecular flexibility index (Phi) is 6.34. The number of aromatic nitrogens is 3. The molecule has 4 aromatic heterocycles. The van der Waals surface area contributed by atoms with E-state index < -0.39 is 61.3 Å². The van der Waals surface area contributed by atoms with Crippen LogP contribution in [0.3, 0.4) is 0 Å². The molecule has 0 radical (unpaired) electrons. The topological polar surface area (TPSA) is 38.7 Å². The third-order valence-corrected chi connectivity index (χ3v) is 18.3. The van der Waals surface area contributed by atoms with E-state index in [4.69, 9.17) is 15.0 Å². The summed E-state index contributed by atoms with van der Waals surface area (Å²) in [4.78, 5) is 16.1. The summed E-state index contributed by atoms with van der Waals surface area (Å²) in [6.07, 6.45) is 0. The molecule has 3 nitrogen and oxygen atoms in total. The van der Waals surface area contributed by atoms with Crippen LogP contribution in [0.15, 0.2) is 127 Å². The zero-order valence-corrected chi connectivity index (χ0v) is 30.7. The second-order valence-corrected chi connectivity index (χ2v) is 20.4. The normalized spacial score (nSPS) is 12.0. The van der Waals surface area contributed by atoms with Gasteiger partial charge in [0.05, 0.1) is 0 Å². The molecule has 0 aliphatic heterocycles. The summed E-state index contributed by atoms with van der Waals surface area (Å²) in [5, 5.41) is 7.96. The van der Waals surface area contributed by atoms with Gasteiger partial charge in [0.15, 0.2) is 0 Å². The molecular formula is C39H21N3Te3. The summed E-state index contributed by atoms with van der Waals surface area (Å²) in [7, 11) is 0. The van der Waals surface area contributed by atoms with Crippen LogP contribution in [0.1, 0.15) is 0 Å². The van der Waals surface area contributed by atoms with Crippen molar-refractivity contribution in [1.82, 2.24) is 15.0 Å². The Hall–Kier alpha value is -3.30. The fourth-order valence-electron chi connectivity index (χ4n) is 6.62. The van der Waals surface area contributed by atoms with Crippen molar-refractivity contribution < 1.29 is 0 Å². The average molecular weight is 914 g/mol. The Morgan fingerprint density at radius 1 is 0.289 bits per heavy atom. The molecule has 45 heavy (non-hydrogen) atoms. The molecule has 0 aliphatic carbocycles. The van der Waals surface area contributed by atoms with Crippen molar-refractivity contribution in [2.24, 2.45) is 0 Å². The molecule has 0 saturated heterocycles. The van der Waals surface area contributed by atoms with Crippen LogP contribution in [0.2, 0.25) is 0 Å². The molecule has 0 amide bonds. The monoisotopic (exact) mass is 921 g/mol. The SMILES string of the molecule is c1ccc2c(c1)[te]c1cccc(-c3nc(-c4cccc5[te]c6ccccc6c45)nc(-c4cccc5[te]c6ccccc6c45)n3)c12. The molecule has 0 fully saturated rings. The minimum absolute atomic E-state index is 0.455. The molecule has 4 heterocycles. The fourth-order valence-corrected chi connectivity index (χ4v) is 16.3. The summed E-state index contributed by atoms with van der Waals surface area (Å²) >= 11 is -1.36. The molecule has 0 unspecified atom stereocenters. The number of fused-ring (bicyclic) bond motifs is 9. The van der Waals surface area contributed by atoms with Gasteiger partial charge in [-0.2, -0.15) is 0 Å². The zero-order chi connectivity index (χ0) is 29.5. The zero-order valence-electron chi connectivity index (χ0n) is 23.7. The first-order valence-electron chi connectivity index (χ1n) is 14.8. The van der Waals surface area contributed by atoms with Crippen LogP contribution in [0.4, 0.5) is 0 Å². The van der Waals surface area contributed by atoms with Crippen LogP contribution in [0.25, 0.3) is 86.9 Å². The molecule has 210 valence electrons.